The summed E-state index contributed by atoms with van der Waals surface area (Å²) in [5.74, 6) is -2.13. The van der Waals surface area contributed by atoms with Gasteiger partial charge in [0.25, 0.3) is 0 Å². The summed E-state index contributed by atoms with van der Waals surface area (Å²) in [5, 5.41) is 8.47. The summed E-state index contributed by atoms with van der Waals surface area (Å²) >= 11 is 0. The molecule has 0 radical (unpaired) electrons. The van der Waals surface area contributed by atoms with Crippen molar-refractivity contribution in [2.24, 2.45) is 0 Å². The molecular formula is C11H13NO6S. The van der Waals surface area contributed by atoms with E-state index < -0.39 is 28.5 Å². The molecule has 0 saturated carbocycles. The van der Waals surface area contributed by atoms with Gasteiger partial charge in [-0.15, -0.1) is 0 Å². The summed E-state index contributed by atoms with van der Waals surface area (Å²) in [7, 11) is -2.96. The molecular weight excluding hydrogens is 274 g/mol. The third-order valence-electron chi connectivity index (χ3n) is 2.24. The van der Waals surface area contributed by atoms with Crippen LogP contribution in [-0.4, -0.2) is 39.1 Å². The molecule has 1 aromatic rings. The SMILES string of the molecule is COC(=O)c1cc(C)ccc1S(=O)(=O)NCC(=O)O. The highest BCUT2D eigenvalue weighted by Gasteiger charge is 2.23. The maximum Gasteiger partial charge on any atom is 0.339 e. The van der Waals surface area contributed by atoms with E-state index in [4.69, 9.17) is 5.11 Å². The highest BCUT2D eigenvalue weighted by Crippen LogP contribution is 2.18. The minimum Gasteiger partial charge on any atom is -0.480 e. The van der Waals surface area contributed by atoms with Gasteiger partial charge in [0.2, 0.25) is 10.0 Å². The van der Waals surface area contributed by atoms with Crippen molar-refractivity contribution in [1.29, 1.82) is 0 Å². The third-order valence-corrected chi connectivity index (χ3v) is 3.70. The number of carboxylic acid groups (broad SMARTS) is 1. The van der Waals surface area contributed by atoms with Gasteiger partial charge in [0.05, 0.1) is 17.6 Å². The second-order valence-corrected chi connectivity index (χ2v) is 5.44. The topological polar surface area (TPSA) is 110 Å². The Bertz CT molecular complexity index is 608. The Kier molecular flexibility index (Phi) is 4.62. The number of hydrogen-bond acceptors (Lipinski definition) is 5. The van der Waals surface area contributed by atoms with Crippen LogP contribution >= 0.6 is 0 Å². The van der Waals surface area contributed by atoms with E-state index in [9.17, 15) is 18.0 Å². The number of esters is 1. The number of aryl methyl sites for hydroxylation is 1. The molecule has 0 spiro atoms. The van der Waals surface area contributed by atoms with Crippen molar-refractivity contribution in [1.82, 2.24) is 4.72 Å². The molecule has 19 heavy (non-hydrogen) atoms. The molecule has 1 aromatic carbocycles. The lowest BCUT2D eigenvalue weighted by Crippen LogP contribution is -2.30. The summed E-state index contributed by atoms with van der Waals surface area (Å²) in [6.07, 6.45) is 0. The standard InChI is InChI=1S/C11H13NO6S/c1-7-3-4-9(8(5-7)11(15)18-2)19(16,17)12-6-10(13)14/h3-5,12H,6H2,1-2H3,(H,13,14). The van der Waals surface area contributed by atoms with Gasteiger partial charge in [0, 0.05) is 0 Å². The zero-order valence-electron chi connectivity index (χ0n) is 10.3. The fraction of sp³-hybridized carbons (Fsp3) is 0.273. The van der Waals surface area contributed by atoms with E-state index in [-0.39, 0.29) is 10.5 Å². The minimum atomic E-state index is -4.09. The van der Waals surface area contributed by atoms with Crippen molar-refractivity contribution in [2.45, 2.75) is 11.8 Å². The first-order chi connectivity index (χ1) is 8.77. The number of sulfonamides is 1. The molecule has 0 bridgehead atoms. The Labute approximate surface area is 110 Å². The molecule has 0 aromatic heterocycles. The second kappa shape index (κ2) is 5.81. The van der Waals surface area contributed by atoms with Crippen molar-refractivity contribution >= 4 is 22.0 Å². The number of carbonyl (C=O) groups is 2. The summed E-state index contributed by atoms with van der Waals surface area (Å²) in [6, 6.07) is 4.09. The molecule has 8 heteroatoms. The largest absolute Gasteiger partial charge is 0.480 e. The molecule has 0 saturated heterocycles. The Hall–Kier alpha value is -1.93. The maximum atomic E-state index is 11.9. The van der Waals surface area contributed by atoms with Crippen molar-refractivity contribution in [2.75, 3.05) is 13.7 Å². The van der Waals surface area contributed by atoms with Crippen LogP contribution < -0.4 is 4.72 Å². The molecule has 0 fully saturated rings. The van der Waals surface area contributed by atoms with Crippen LogP contribution in [0, 0.1) is 6.92 Å². The Morgan fingerprint density at radius 3 is 2.53 bits per heavy atom. The lowest BCUT2D eigenvalue weighted by molar-refractivity contribution is -0.135. The second-order valence-electron chi connectivity index (χ2n) is 3.71. The number of methoxy groups -OCH3 is 1. The molecule has 0 heterocycles. The predicted octanol–water partition coefficient (Wildman–Crippen LogP) is 0.145. The highest BCUT2D eigenvalue weighted by molar-refractivity contribution is 7.89. The fourth-order valence-electron chi connectivity index (χ4n) is 1.38. The quantitative estimate of drug-likeness (QED) is 0.746. The highest BCUT2D eigenvalue weighted by atomic mass is 32.2. The molecule has 0 aliphatic heterocycles. The van der Waals surface area contributed by atoms with Gasteiger partial charge >= 0.3 is 11.9 Å². The first-order valence-corrected chi connectivity index (χ1v) is 6.66. The number of carbonyl (C=O) groups excluding carboxylic acids is 1. The normalized spacial score (nSPS) is 11.1. The Morgan fingerprint density at radius 2 is 2.00 bits per heavy atom. The van der Waals surface area contributed by atoms with Gasteiger partial charge in [-0.25, -0.2) is 13.2 Å². The lowest BCUT2D eigenvalue weighted by Gasteiger charge is -2.10. The van der Waals surface area contributed by atoms with Gasteiger partial charge in [-0.05, 0) is 19.1 Å². The van der Waals surface area contributed by atoms with Gasteiger partial charge in [0.15, 0.2) is 0 Å². The third kappa shape index (κ3) is 3.76. The van der Waals surface area contributed by atoms with Crippen LogP contribution in [0.25, 0.3) is 0 Å². The van der Waals surface area contributed by atoms with Crippen molar-refractivity contribution in [3.63, 3.8) is 0 Å². The van der Waals surface area contributed by atoms with E-state index >= 15 is 0 Å². The molecule has 0 unspecified atom stereocenters. The number of rotatable bonds is 5. The van der Waals surface area contributed by atoms with E-state index in [0.717, 1.165) is 7.11 Å². The summed E-state index contributed by atoms with van der Waals surface area (Å²) in [5.41, 5.74) is 0.540. The van der Waals surface area contributed by atoms with Gasteiger partial charge in [-0.3, -0.25) is 4.79 Å². The minimum absolute atomic E-state index is 0.139. The van der Waals surface area contributed by atoms with Crippen molar-refractivity contribution in [3.8, 4) is 0 Å². The van der Waals surface area contributed by atoms with E-state index in [1.807, 2.05) is 4.72 Å². The van der Waals surface area contributed by atoms with Crippen LogP contribution in [-0.2, 0) is 19.6 Å². The van der Waals surface area contributed by atoms with Gasteiger partial charge in [0.1, 0.15) is 6.54 Å². The van der Waals surface area contributed by atoms with E-state index in [2.05, 4.69) is 4.74 Å². The Morgan fingerprint density at radius 1 is 1.37 bits per heavy atom. The van der Waals surface area contributed by atoms with Gasteiger partial charge < -0.3 is 9.84 Å². The van der Waals surface area contributed by atoms with Crippen molar-refractivity contribution in [3.05, 3.63) is 29.3 Å². The lowest BCUT2D eigenvalue weighted by atomic mass is 10.1. The molecule has 2 N–H and O–H groups in total. The Balaban J connectivity index is 3.26. The molecule has 0 aliphatic carbocycles. The number of benzene rings is 1. The number of nitrogens with one attached hydrogen (secondary N) is 1. The average molecular weight is 287 g/mol. The molecule has 0 amide bonds. The number of carboxylic acids is 1. The first kappa shape index (κ1) is 15.1. The summed E-state index contributed by atoms with van der Waals surface area (Å²) in [4.78, 5) is 21.6. The van der Waals surface area contributed by atoms with E-state index in [1.54, 1.807) is 6.92 Å². The smallest absolute Gasteiger partial charge is 0.339 e. The summed E-state index contributed by atoms with van der Waals surface area (Å²) < 4.78 is 30.2. The van der Waals surface area contributed by atoms with Crippen LogP contribution in [0.4, 0.5) is 0 Å². The number of aliphatic carboxylic acids is 1. The summed E-state index contributed by atoms with van der Waals surface area (Å²) in [6.45, 7) is 0.921. The van der Waals surface area contributed by atoms with Gasteiger partial charge in [-0.2, -0.15) is 4.72 Å². The zero-order valence-corrected chi connectivity index (χ0v) is 11.2. The van der Waals surface area contributed by atoms with Gasteiger partial charge in [-0.1, -0.05) is 11.6 Å². The van der Waals surface area contributed by atoms with E-state index in [0.29, 0.717) is 5.56 Å². The molecule has 0 aliphatic rings. The molecule has 7 nitrogen and oxygen atoms in total. The van der Waals surface area contributed by atoms with Crippen LogP contribution in [0.1, 0.15) is 15.9 Å². The van der Waals surface area contributed by atoms with Crippen molar-refractivity contribution < 1.29 is 27.9 Å². The van der Waals surface area contributed by atoms with Crippen LogP contribution in [0.5, 0.6) is 0 Å². The molecule has 104 valence electrons. The van der Waals surface area contributed by atoms with Crippen LogP contribution in [0.3, 0.4) is 0 Å². The molecule has 1 rings (SSSR count). The predicted molar refractivity (Wildman–Crippen MR) is 65.3 cm³/mol. The maximum absolute atomic E-state index is 11.9. The monoisotopic (exact) mass is 287 g/mol. The number of hydrogen-bond donors (Lipinski definition) is 2. The first-order valence-electron chi connectivity index (χ1n) is 5.18. The average Bonchev–Trinajstić information content (AvgIpc) is 2.35. The number of ether oxygens (including phenoxy) is 1. The fourth-order valence-corrected chi connectivity index (χ4v) is 2.53. The molecule has 0 atom stereocenters. The van der Waals surface area contributed by atoms with Crippen LogP contribution in [0.2, 0.25) is 0 Å². The van der Waals surface area contributed by atoms with E-state index in [1.165, 1.54) is 18.2 Å². The zero-order chi connectivity index (χ0) is 14.6. The van der Waals surface area contributed by atoms with Crippen LogP contribution in [0.15, 0.2) is 23.1 Å².